The van der Waals surface area contributed by atoms with Gasteiger partial charge in [0.15, 0.2) is 11.2 Å². The summed E-state index contributed by atoms with van der Waals surface area (Å²) >= 11 is 0. The first-order valence-corrected chi connectivity index (χ1v) is 11.5. The molecule has 9 nitrogen and oxygen atoms in total. The molecule has 0 aliphatic carbocycles. The lowest BCUT2D eigenvalue weighted by Gasteiger charge is -2.35. The number of hydrogen-bond acceptors (Lipinski definition) is 5. The van der Waals surface area contributed by atoms with Crippen molar-refractivity contribution in [3.63, 3.8) is 0 Å². The van der Waals surface area contributed by atoms with Crippen molar-refractivity contribution >= 4 is 16.9 Å². The Balaban J connectivity index is 1.28. The maximum absolute atomic E-state index is 12.4. The molecule has 0 unspecified atom stereocenters. The molecule has 4 heterocycles. The van der Waals surface area contributed by atoms with Crippen molar-refractivity contribution in [1.29, 1.82) is 0 Å². The quantitative estimate of drug-likeness (QED) is 0.498. The van der Waals surface area contributed by atoms with Crippen LogP contribution in [0.3, 0.4) is 0 Å². The third-order valence-corrected chi connectivity index (χ3v) is 6.92. The molecule has 5 rings (SSSR count). The highest BCUT2D eigenvalue weighted by atomic mass is 16.2. The molecule has 0 spiro atoms. The number of nitrogens with one attached hydrogen (secondary N) is 1. The summed E-state index contributed by atoms with van der Waals surface area (Å²) in [4.78, 5) is 36.4. The molecule has 3 aromatic heterocycles. The first kappa shape index (κ1) is 21.7. The minimum absolute atomic E-state index is 0.405. The van der Waals surface area contributed by atoms with E-state index in [4.69, 9.17) is 0 Å². The molecule has 0 atom stereocenters. The second-order valence-corrected chi connectivity index (χ2v) is 9.24. The van der Waals surface area contributed by atoms with E-state index in [1.54, 1.807) is 11.4 Å². The number of H-pyrrole nitrogens is 1. The van der Waals surface area contributed by atoms with Gasteiger partial charge in [-0.25, -0.2) is 4.79 Å². The fraction of sp³-hybridized carbons (Fsp3) is 0.458. The lowest BCUT2D eigenvalue weighted by molar-refractivity contribution is 0.124. The maximum Gasteiger partial charge on any atom is 0.329 e. The van der Waals surface area contributed by atoms with Crippen LogP contribution in [0, 0.1) is 20.8 Å². The molecular formula is C24H31N7O2. The van der Waals surface area contributed by atoms with Crippen molar-refractivity contribution in [2.45, 2.75) is 33.9 Å². The summed E-state index contributed by atoms with van der Waals surface area (Å²) in [7, 11) is 1.63. The minimum atomic E-state index is -0.449. The average Bonchev–Trinajstić information content (AvgIpc) is 3.29. The standard InChI is InChI=1S/C24H31N7O2/c1-16-5-6-17(2)19(13-16)15-29-9-7-28(8-10-29)11-12-30-18(3)14-31-20-21(25-23(30)31)27(4)24(33)26-22(20)32/h5-6,13-14H,7-12,15H2,1-4H3,(H,26,32,33). The van der Waals surface area contributed by atoms with Gasteiger partial charge in [0.25, 0.3) is 5.56 Å². The van der Waals surface area contributed by atoms with Crippen LogP contribution >= 0.6 is 0 Å². The summed E-state index contributed by atoms with van der Waals surface area (Å²) in [5, 5.41) is 0. The van der Waals surface area contributed by atoms with E-state index in [-0.39, 0.29) is 0 Å². The Morgan fingerprint density at radius 1 is 1.00 bits per heavy atom. The SMILES string of the molecule is Cc1ccc(C)c(CN2CCN(CCn3c(C)cn4c5c(=O)[nH]c(=O)n(C)c5nc34)CC2)c1. The van der Waals surface area contributed by atoms with E-state index in [1.807, 2.05) is 13.1 Å². The number of aromatic nitrogens is 5. The number of piperazine rings is 1. The van der Waals surface area contributed by atoms with Gasteiger partial charge in [-0.1, -0.05) is 23.8 Å². The van der Waals surface area contributed by atoms with Gasteiger partial charge in [0.1, 0.15) is 0 Å². The molecule has 1 N–H and O–H groups in total. The Morgan fingerprint density at radius 2 is 1.73 bits per heavy atom. The number of nitrogens with zero attached hydrogens (tertiary/aromatic N) is 6. The van der Waals surface area contributed by atoms with Crippen molar-refractivity contribution in [3.05, 3.63) is 67.6 Å². The smallest absolute Gasteiger partial charge is 0.313 e. The van der Waals surface area contributed by atoms with Crippen molar-refractivity contribution in [2.75, 3.05) is 32.7 Å². The molecule has 9 heteroatoms. The molecular weight excluding hydrogens is 418 g/mol. The van der Waals surface area contributed by atoms with Crippen LogP contribution < -0.4 is 11.2 Å². The average molecular weight is 450 g/mol. The lowest BCUT2D eigenvalue weighted by Crippen LogP contribution is -2.46. The topological polar surface area (TPSA) is 83.6 Å². The molecule has 174 valence electrons. The highest BCUT2D eigenvalue weighted by Crippen LogP contribution is 2.17. The molecule has 1 aliphatic rings. The normalized spacial score (nSPS) is 15.8. The van der Waals surface area contributed by atoms with Crippen LogP contribution in [0.2, 0.25) is 0 Å². The Bertz CT molecular complexity index is 1450. The van der Waals surface area contributed by atoms with E-state index in [1.165, 1.54) is 21.3 Å². The Labute approximate surface area is 191 Å². The van der Waals surface area contributed by atoms with E-state index in [0.29, 0.717) is 16.9 Å². The number of fused-ring (bicyclic) bond motifs is 3. The number of aromatic amines is 1. The van der Waals surface area contributed by atoms with Gasteiger partial charge in [-0.15, -0.1) is 0 Å². The zero-order chi connectivity index (χ0) is 23.3. The van der Waals surface area contributed by atoms with Crippen LogP contribution in [-0.4, -0.2) is 66.0 Å². The first-order chi connectivity index (χ1) is 15.8. The molecule has 33 heavy (non-hydrogen) atoms. The van der Waals surface area contributed by atoms with E-state index in [0.717, 1.165) is 51.5 Å². The van der Waals surface area contributed by atoms with Crippen molar-refractivity contribution in [3.8, 4) is 0 Å². The summed E-state index contributed by atoms with van der Waals surface area (Å²) in [6.07, 6.45) is 1.92. The molecule has 0 amide bonds. The van der Waals surface area contributed by atoms with Gasteiger partial charge >= 0.3 is 5.69 Å². The zero-order valence-electron chi connectivity index (χ0n) is 19.8. The lowest BCUT2D eigenvalue weighted by atomic mass is 10.0. The van der Waals surface area contributed by atoms with Crippen molar-refractivity contribution < 1.29 is 0 Å². The third kappa shape index (κ3) is 3.91. The molecule has 0 saturated carbocycles. The largest absolute Gasteiger partial charge is 0.329 e. The first-order valence-electron chi connectivity index (χ1n) is 11.5. The van der Waals surface area contributed by atoms with Crippen LogP contribution in [0.25, 0.3) is 16.9 Å². The molecule has 1 fully saturated rings. The van der Waals surface area contributed by atoms with E-state index >= 15 is 0 Å². The van der Waals surface area contributed by atoms with Crippen molar-refractivity contribution in [1.82, 2.24) is 33.3 Å². The molecule has 1 aromatic carbocycles. The Morgan fingerprint density at radius 3 is 2.48 bits per heavy atom. The van der Waals surface area contributed by atoms with Crippen LogP contribution in [-0.2, 0) is 20.1 Å². The van der Waals surface area contributed by atoms with Gasteiger partial charge in [0.2, 0.25) is 5.78 Å². The van der Waals surface area contributed by atoms with Gasteiger partial charge in [0, 0.05) is 64.8 Å². The van der Waals surface area contributed by atoms with Crippen LogP contribution in [0.1, 0.15) is 22.4 Å². The van der Waals surface area contributed by atoms with E-state index in [9.17, 15) is 9.59 Å². The van der Waals surface area contributed by atoms with Gasteiger partial charge < -0.3 is 4.57 Å². The molecule has 1 aliphatic heterocycles. The number of imidazole rings is 2. The number of benzene rings is 1. The Hall–Kier alpha value is -3.17. The van der Waals surface area contributed by atoms with Gasteiger partial charge in [-0.2, -0.15) is 4.98 Å². The molecule has 0 radical (unpaired) electrons. The highest BCUT2D eigenvalue weighted by molar-refractivity contribution is 5.75. The Kier molecular flexibility index (Phi) is 5.46. The maximum atomic E-state index is 12.4. The number of rotatable bonds is 5. The summed E-state index contributed by atoms with van der Waals surface area (Å²) in [6.45, 7) is 13.3. The monoisotopic (exact) mass is 449 g/mol. The number of aryl methyl sites for hydroxylation is 4. The molecule has 1 saturated heterocycles. The highest BCUT2D eigenvalue weighted by Gasteiger charge is 2.20. The predicted molar refractivity (Wildman–Crippen MR) is 129 cm³/mol. The van der Waals surface area contributed by atoms with E-state index in [2.05, 4.69) is 56.4 Å². The number of hydrogen-bond donors (Lipinski definition) is 1. The third-order valence-electron chi connectivity index (χ3n) is 6.92. The fourth-order valence-corrected chi connectivity index (χ4v) is 4.82. The predicted octanol–water partition coefficient (Wildman–Crippen LogP) is 1.42. The second kappa shape index (κ2) is 8.31. The fourth-order valence-electron chi connectivity index (χ4n) is 4.82. The van der Waals surface area contributed by atoms with Crippen LogP contribution in [0.4, 0.5) is 0 Å². The summed E-state index contributed by atoms with van der Waals surface area (Å²) in [5.74, 6) is 0.697. The summed E-state index contributed by atoms with van der Waals surface area (Å²) < 4.78 is 5.32. The van der Waals surface area contributed by atoms with E-state index < -0.39 is 11.2 Å². The molecule has 4 aromatic rings. The van der Waals surface area contributed by atoms with Gasteiger partial charge in [-0.3, -0.25) is 28.5 Å². The van der Waals surface area contributed by atoms with Gasteiger partial charge in [0.05, 0.1) is 0 Å². The van der Waals surface area contributed by atoms with Gasteiger partial charge in [-0.05, 0) is 31.9 Å². The zero-order valence-corrected chi connectivity index (χ0v) is 19.8. The minimum Gasteiger partial charge on any atom is -0.313 e. The summed E-state index contributed by atoms with van der Waals surface area (Å²) in [6, 6.07) is 6.69. The molecule has 0 bridgehead atoms. The second-order valence-electron chi connectivity index (χ2n) is 9.24. The summed E-state index contributed by atoms with van der Waals surface area (Å²) in [5.41, 5.74) is 5.11. The van der Waals surface area contributed by atoms with Crippen LogP contribution in [0.5, 0.6) is 0 Å². The van der Waals surface area contributed by atoms with Crippen LogP contribution in [0.15, 0.2) is 34.0 Å². The van der Waals surface area contributed by atoms with Crippen molar-refractivity contribution in [2.24, 2.45) is 7.05 Å².